The molecule has 0 radical (unpaired) electrons. The van der Waals surface area contributed by atoms with E-state index in [1.807, 2.05) is 13.8 Å². The van der Waals surface area contributed by atoms with Gasteiger partial charge in [-0.2, -0.15) is 0 Å². The van der Waals surface area contributed by atoms with Gasteiger partial charge < -0.3 is 20.1 Å². The molecule has 0 aliphatic carbocycles. The molecule has 0 aliphatic heterocycles. The molecule has 0 aromatic heterocycles. The third-order valence-electron chi connectivity index (χ3n) is 3.87. The van der Waals surface area contributed by atoms with Crippen molar-refractivity contribution in [3.05, 3.63) is 59.2 Å². The van der Waals surface area contributed by atoms with Crippen molar-refractivity contribution >= 4 is 23.5 Å². The van der Waals surface area contributed by atoms with E-state index in [1.54, 1.807) is 50.5 Å². The Labute approximate surface area is 163 Å². The van der Waals surface area contributed by atoms with E-state index in [9.17, 15) is 19.5 Å². The number of amides is 2. The van der Waals surface area contributed by atoms with Gasteiger partial charge in [0.15, 0.2) is 0 Å². The summed E-state index contributed by atoms with van der Waals surface area (Å²) in [5, 5.41) is 12.0. The first-order chi connectivity index (χ1) is 13.2. The molecule has 0 aliphatic rings. The number of hydrogen-bond donors (Lipinski definition) is 2. The molecule has 0 atom stereocenters. The van der Waals surface area contributed by atoms with E-state index in [2.05, 4.69) is 5.32 Å². The molecule has 0 heterocycles. The lowest BCUT2D eigenvalue weighted by Crippen LogP contribution is -2.22. The fraction of sp³-hybridized carbons (Fsp3) is 0.286. The van der Waals surface area contributed by atoms with Crippen LogP contribution in [0.25, 0.3) is 0 Å². The Bertz CT molecular complexity index is 890. The molecule has 0 fully saturated rings. The summed E-state index contributed by atoms with van der Waals surface area (Å²) >= 11 is 0. The third kappa shape index (κ3) is 5.33. The van der Waals surface area contributed by atoms with Crippen LogP contribution in [0.15, 0.2) is 42.5 Å². The maximum atomic E-state index is 12.6. The molecule has 7 nitrogen and oxygen atoms in total. The highest BCUT2D eigenvalue weighted by molar-refractivity contribution is 5.99. The van der Waals surface area contributed by atoms with E-state index in [4.69, 9.17) is 4.74 Å². The normalized spacial score (nSPS) is 10.5. The van der Waals surface area contributed by atoms with E-state index in [1.165, 1.54) is 11.0 Å². The molecular formula is C21H24N2O5. The maximum Gasteiger partial charge on any atom is 0.335 e. The van der Waals surface area contributed by atoms with Crippen LogP contribution < -0.4 is 10.1 Å². The SMILES string of the molecule is CC(C)Oc1ccc(C(=O)N(C)C)cc1NC(=O)Cc1ccccc1C(=O)O. The number of carboxylic acid groups (broad SMARTS) is 1. The van der Waals surface area contributed by atoms with E-state index >= 15 is 0 Å². The predicted octanol–water partition coefficient (Wildman–Crippen LogP) is 3.06. The highest BCUT2D eigenvalue weighted by Gasteiger charge is 2.17. The van der Waals surface area contributed by atoms with Gasteiger partial charge in [-0.1, -0.05) is 18.2 Å². The number of carboxylic acids is 1. The smallest absolute Gasteiger partial charge is 0.335 e. The van der Waals surface area contributed by atoms with E-state index in [-0.39, 0.29) is 24.0 Å². The van der Waals surface area contributed by atoms with Crippen LogP contribution in [-0.2, 0) is 11.2 Å². The molecule has 0 bridgehead atoms. The van der Waals surface area contributed by atoms with Gasteiger partial charge in [0, 0.05) is 19.7 Å². The van der Waals surface area contributed by atoms with E-state index < -0.39 is 11.9 Å². The second-order valence-electron chi connectivity index (χ2n) is 6.76. The number of hydrogen-bond acceptors (Lipinski definition) is 4. The highest BCUT2D eigenvalue weighted by atomic mass is 16.5. The molecule has 28 heavy (non-hydrogen) atoms. The number of benzene rings is 2. The lowest BCUT2D eigenvalue weighted by atomic mass is 10.0. The zero-order valence-electron chi connectivity index (χ0n) is 16.4. The molecular weight excluding hydrogens is 360 g/mol. The van der Waals surface area contributed by atoms with Crippen LogP contribution in [-0.4, -0.2) is 48.0 Å². The van der Waals surface area contributed by atoms with Crippen molar-refractivity contribution in [3.8, 4) is 5.75 Å². The zero-order chi connectivity index (χ0) is 20.8. The van der Waals surface area contributed by atoms with Gasteiger partial charge in [0.25, 0.3) is 5.91 Å². The molecule has 2 rings (SSSR count). The first-order valence-electron chi connectivity index (χ1n) is 8.82. The fourth-order valence-corrected chi connectivity index (χ4v) is 2.63. The van der Waals surface area contributed by atoms with Crippen molar-refractivity contribution in [1.29, 1.82) is 0 Å². The first kappa shape index (κ1) is 21.0. The summed E-state index contributed by atoms with van der Waals surface area (Å²) in [6.45, 7) is 3.71. The highest BCUT2D eigenvalue weighted by Crippen LogP contribution is 2.28. The largest absolute Gasteiger partial charge is 0.489 e. The number of nitrogens with one attached hydrogen (secondary N) is 1. The topological polar surface area (TPSA) is 95.9 Å². The Morgan fingerprint density at radius 1 is 1.11 bits per heavy atom. The van der Waals surface area contributed by atoms with E-state index in [0.717, 1.165) is 0 Å². The summed E-state index contributed by atoms with van der Waals surface area (Å²) < 4.78 is 5.72. The Morgan fingerprint density at radius 2 is 1.79 bits per heavy atom. The zero-order valence-corrected chi connectivity index (χ0v) is 16.4. The molecule has 0 spiro atoms. The van der Waals surface area contributed by atoms with Gasteiger partial charge in [-0.3, -0.25) is 9.59 Å². The lowest BCUT2D eigenvalue weighted by Gasteiger charge is -2.17. The maximum absolute atomic E-state index is 12.6. The number of nitrogens with zero attached hydrogens (tertiary/aromatic N) is 1. The number of ether oxygens (including phenoxy) is 1. The summed E-state index contributed by atoms with van der Waals surface area (Å²) in [7, 11) is 3.28. The van der Waals surface area contributed by atoms with Crippen LogP contribution in [0.2, 0.25) is 0 Å². The molecule has 2 N–H and O–H groups in total. The van der Waals surface area contributed by atoms with Crippen LogP contribution in [0, 0.1) is 0 Å². The lowest BCUT2D eigenvalue weighted by molar-refractivity contribution is -0.115. The Balaban J connectivity index is 2.29. The molecule has 7 heteroatoms. The summed E-state index contributed by atoms with van der Waals surface area (Å²) in [5.41, 5.74) is 1.24. The van der Waals surface area contributed by atoms with Gasteiger partial charge >= 0.3 is 5.97 Å². The molecule has 148 valence electrons. The summed E-state index contributed by atoms with van der Waals surface area (Å²) in [6.07, 6.45) is -0.242. The van der Waals surface area contributed by atoms with Gasteiger partial charge in [0.1, 0.15) is 5.75 Å². The second-order valence-corrected chi connectivity index (χ2v) is 6.76. The third-order valence-corrected chi connectivity index (χ3v) is 3.87. The average molecular weight is 384 g/mol. The van der Waals surface area contributed by atoms with Crippen molar-refractivity contribution in [1.82, 2.24) is 4.90 Å². The van der Waals surface area contributed by atoms with Crippen molar-refractivity contribution in [2.45, 2.75) is 26.4 Å². The van der Waals surface area contributed by atoms with Crippen molar-refractivity contribution in [2.75, 3.05) is 19.4 Å². The van der Waals surface area contributed by atoms with Crippen LogP contribution in [0.5, 0.6) is 5.75 Å². The van der Waals surface area contributed by atoms with Crippen molar-refractivity contribution in [3.63, 3.8) is 0 Å². The minimum atomic E-state index is -1.09. The standard InChI is InChI=1S/C21H24N2O5/c1-13(2)28-18-10-9-15(20(25)23(3)4)11-17(18)22-19(24)12-14-7-5-6-8-16(14)21(26)27/h5-11,13H,12H2,1-4H3,(H,22,24)(H,26,27). The van der Waals surface area contributed by atoms with Crippen LogP contribution >= 0.6 is 0 Å². The Hall–Kier alpha value is -3.35. The van der Waals surface area contributed by atoms with Crippen LogP contribution in [0.4, 0.5) is 5.69 Å². The number of anilines is 1. The monoisotopic (exact) mass is 384 g/mol. The molecule has 0 unspecified atom stereocenters. The fourth-order valence-electron chi connectivity index (χ4n) is 2.63. The number of aromatic carboxylic acids is 1. The minimum Gasteiger partial charge on any atom is -0.489 e. The molecule has 0 saturated carbocycles. The molecule has 2 amide bonds. The van der Waals surface area contributed by atoms with Gasteiger partial charge in [0.2, 0.25) is 5.91 Å². The van der Waals surface area contributed by atoms with Crippen LogP contribution in [0.3, 0.4) is 0 Å². The average Bonchev–Trinajstić information content (AvgIpc) is 2.62. The number of carbonyl (C=O) groups excluding carboxylic acids is 2. The quantitative estimate of drug-likeness (QED) is 0.765. The Kier molecular flexibility index (Phi) is 6.76. The minimum absolute atomic E-state index is 0.0767. The van der Waals surface area contributed by atoms with Crippen molar-refractivity contribution in [2.24, 2.45) is 0 Å². The van der Waals surface area contributed by atoms with Gasteiger partial charge in [0.05, 0.1) is 23.8 Å². The second kappa shape index (κ2) is 9.03. The Morgan fingerprint density at radius 3 is 2.39 bits per heavy atom. The summed E-state index contributed by atoms with van der Waals surface area (Å²) in [5.74, 6) is -1.27. The molecule has 0 saturated heterocycles. The van der Waals surface area contributed by atoms with Gasteiger partial charge in [-0.25, -0.2) is 4.79 Å². The van der Waals surface area contributed by atoms with Crippen LogP contribution in [0.1, 0.15) is 40.1 Å². The summed E-state index contributed by atoms with van der Waals surface area (Å²) in [6, 6.07) is 11.2. The molecule has 2 aromatic rings. The molecule has 2 aromatic carbocycles. The van der Waals surface area contributed by atoms with Gasteiger partial charge in [-0.05, 0) is 43.7 Å². The number of rotatable bonds is 7. The van der Waals surface area contributed by atoms with E-state index in [0.29, 0.717) is 22.6 Å². The number of carbonyl (C=O) groups is 3. The first-order valence-corrected chi connectivity index (χ1v) is 8.82. The van der Waals surface area contributed by atoms with Gasteiger partial charge in [-0.15, -0.1) is 0 Å². The van der Waals surface area contributed by atoms with Crippen molar-refractivity contribution < 1.29 is 24.2 Å². The summed E-state index contributed by atoms with van der Waals surface area (Å²) in [4.78, 5) is 37.6. The predicted molar refractivity (Wildman–Crippen MR) is 106 cm³/mol.